The number of anilines is 4. The first kappa shape index (κ1) is 17.4. The Labute approximate surface area is 152 Å². The molecule has 6 heteroatoms. The van der Waals surface area contributed by atoms with Crippen LogP contribution in [0.2, 0.25) is 0 Å². The molecule has 3 rings (SSSR count). The number of aryl methyl sites for hydroxylation is 2. The predicted molar refractivity (Wildman–Crippen MR) is 102 cm³/mol. The third-order valence-electron chi connectivity index (χ3n) is 4.04. The van der Waals surface area contributed by atoms with Gasteiger partial charge in [-0.2, -0.15) is 0 Å². The molecule has 3 aromatic rings. The summed E-state index contributed by atoms with van der Waals surface area (Å²) in [5, 5.41) is 6.41. The molecule has 6 nitrogen and oxygen atoms in total. The number of methoxy groups -OCH3 is 1. The average Bonchev–Trinajstić information content (AvgIpc) is 2.65. The van der Waals surface area contributed by atoms with E-state index in [0.29, 0.717) is 22.9 Å². The molecule has 1 aromatic heterocycles. The van der Waals surface area contributed by atoms with Crippen LogP contribution in [0.25, 0.3) is 0 Å². The first-order chi connectivity index (χ1) is 12.6. The first-order valence-electron chi connectivity index (χ1n) is 8.17. The number of para-hydroxylation sites is 1. The van der Waals surface area contributed by atoms with Gasteiger partial charge in [0.2, 0.25) is 0 Å². The van der Waals surface area contributed by atoms with Crippen LogP contribution >= 0.6 is 0 Å². The van der Waals surface area contributed by atoms with E-state index in [1.54, 1.807) is 24.3 Å². The van der Waals surface area contributed by atoms with Crippen molar-refractivity contribution in [3.63, 3.8) is 0 Å². The van der Waals surface area contributed by atoms with Crippen molar-refractivity contribution < 1.29 is 9.53 Å². The molecular formula is C20H20N4O2. The van der Waals surface area contributed by atoms with E-state index in [-0.39, 0.29) is 0 Å². The molecule has 132 valence electrons. The highest BCUT2D eigenvalue weighted by atomic mass is 16.5. The summed E-state index contributed by atoms with van der Waals surface area (Å²) in [7, 11) is 1.36. The van der Waals surface area contributed by atoms with Crippen LogP contribution < -0.4 is 10.6 Å². The van der Waals surface area contributed by atoms with Gasteiger partial charge in [-0.05, 0) is 49.2 Å². The number of esters is 1. The average molecular weight is 348 g/mol. The maximum atomic E-state index is 11.9. The highest BCUT2D eigenvalue weighted by Gasteiger charge is 2.11. The molecule has 26 heavy (non-hydrogen) atoms. The van der Waals surface area contributed by atoms with Gasteiger partial charge >= 0.3 is 5.97 Å². The molecule has 0 unspecified atom stereocenters. The van der Waals surface area contributed by atoms with E-state index in [4.69, 9.17) is 4.74 Å². The molecule has 0 saturated heterocycles. The molecule has 0 radical (unpaired) electrons. The van der Waals surface area contributed by atoms with Gasteiger partial charge in [0.15, 0.2) is 0 Å². The number of carbonyl (C=O) groups is 1. The number of rotatable bonds is 5. The fraction of sp³-hybridized carbons (Fsp3) is 0.150. The molecular weight excluding hydrogens is 328 g/mol. The second-order valence-electron chi connectivity index (χ2n) is 5.87. The van der Waals surface area contributed by atoms with Gasteiger partial charge in [0, 0.05) is 11.8 Å². The summed E-state index contributed by atoms with van der Waals surface area (Å²) in [5.41, 5.74) is 4.45. The van der Waals surface area contributed by atoms with Gasteiger partial charge in [-0.25, -0.2) is 14.8 Å². The number of ether oxygens (including phenoxy) is 1. The maximum Gasteiger partial charge on any atom is 0.339 e. The molecule has 1 heterocycles. The molecule has 0 saturated carbocycles. The van der Waals surface area contributed by atoms with E-state index in [9.17, 15) is 4.79 Å². The summed E-state index contributed by atoms with van der Waals surface area (Å²) in [4.78, 5) is 20.4. The minimum absolute atomic E-state index is 0.407. The number of aromatic nitrogens is 2. The van der Waals surface area contributed by atoms with Crippen molar-refractivity contribution in [2.45, 2.75) is 13.8 Å². The lowest BCUT2D eigenvalue weighted by Crippen LogP contribution is -2.06. The molecule has 0 fully saturated rings. The molecule has 0 atom stereocenters. The summed E-state index contributed by atoms with van der Waals surface area (Å²) >= 11 is 0. The van der Waals surface area contributed by atoms with Crippen molar-refractivity contribution >= 4 is 29.0 Å². The Bertz CT molecular complexity index is 941. The number of carbonyl (C=O) groups excluding carboxylic acids is 1. The van der Waals surface area contributed by atoms with Crippen molar-refractivity contribution in [2.24, 2.45) is 0 Å². The van der Waals surface area contributed by atoms with Gasteiger partial charge in [-0.1, -0.05) is 18.2 Å². The summed E-state index contributed by atoms with van der Waals surface area (Å²) in [6.45, 7) is 4.14. The SMILES string of the molecule is COC(=O)c1ccccc1Nc1cc(Nc2ccc(C)c(C)c2)ncn1. The topological polar surface area (TPSA) is 76.1 Å². The van der Waals surface area contributed by atoms with Crippen LogP contribution in [0.5, 0.6) is 0 Å². The van der Waals surface area contributed by atoms with Crippen molar-refractivity contribution in [1.82, 2.24) is 9.97 Å². The molecule has 0 aliphatic heterocycles. The largest absolute Gasteiger partial charge is 0.465 e. The van der Waals surface area contributed by atoms with Crippen LogP contribution in [0, 0.1) is 13.8 Å². The van der Waals surface area contributed by atoms with Crippen LogP contribution in [0.1, 0.15) is 21.5 Å². The number of benzene rings is 2. The Hall–Kier alpha value is -3.41. The predicted octanol–water partition coefficient (Wildman–Crippen LogP) is 4.37. The van der Waals surface area contributed by atoms with E-state index in [1.807, 2.05) is 12.1 Å². The fourth-order valence-electron chi connectivity index (χ4n) is 2.48. The van der Waals surface area contributed by atoms with Crippen LogP contribution in [0.15, 0.2) is 54.9 Å². The standard InChI is InChI=1S/C20H20N4O2/c1-13-8-9-15(10-14(13)2)23-18-11-19(22-12-21-18)24-17-7-5-4-6-16(17)20(25)26-3/h4-12H,1-3H3,(H2,21,22,23,24). The van der Waals surface area contributed by atoms with Crippen molar-refractivity contribution in [3.8, 4) is 0 Å². The second kappa shape index (κ2) is 7.65. The zero-order chi connectivity index (χ0) is 18.5. The van der Waals surface area contributed by atoms with Crippen LogP contribution in [-0.2, 0) is 4.74 Å². The third kappa shape index (κ3) is 3.97. The molecule has 0 aliphatic rings. The van der Waals surface area contributed by atoms with Crippen molar-refractivity contribution in [2.75, 3.05) is 17.7 Å². The highest BCUT2D eigenvalue weighted by molar-refractivity contribution is 5.96. The lowest BCUT2D eigenvalue weighted by molar-refractivity contribution is 0.0602. The Morgan fingerprint density at radius 2 is 1.65 bits per heavy atom. The van der Waals surface area contributed by atoms with Crippen molar-refractivity contribution in [3.05, 3.63) is 71.5 Å². The Balaban J connectivity index is 1.82. The zero-order valence-corrected chi connectivity index (χ0v) is 14.9. The van der Waals surface area contributed by atoms with Crippen LogP contribution in [0.4, 0.5) is 23.0 Å². The van der Waals surface area contributed by atoms with Gasteiger partial charge in [-0.3, -0.25) is 0 Å². The van der Waals surface area contributed by atoms with Gasteiger partial charge < -0.3 is 15.4 Å². The molecule has 0 amide bonds. The van der Waals surface area contributed by atoms with E-state index in [1.165, 1.54) is 24.6 Å². The summed E-state index contributed by atoms with van der Waals surface area (Å²) in [6.07, 6.45) is 1.46. The summed E-state index contributed by atoms with van der Waals surface area (Å²) in [5.74, 6) is 0.819. The Morgan fingerprint density at radius 3 is 2.38 bits per heavy atom. The molecule has 2 N–H and O–H groups in total. The van der Waals surface area contributed by atoms with Gasteiger partial charge in [-0.15, -0.1) is 0 Å². The smallest absolute Gasteiger partial charge is 0.339 e. The number of hydrogen-bond acceptors (Lipinski definition) is 6. The van der Waals surface area contributed by atoms with E-state index >= 15 is 0 Å². The molecule has 0 spiro atoms. The Morgan fingerprint density at radius 1 is 0.923 bits per heavy atom. The van der Waals surface area contributed by atoms with Gasteiger partial charge in [0.25, 0.3) is 0 Å². The summed E-state index contributed by atoms with van der Waals surface area (Å²) in [6, 6.07) is 15.0. The second-order valence-corrected chi connectivity index (χ2v) is 5.87. The zero-order valence-electron chi connectivity index (χ0n) is 14.9. The quantitative estimate of drug-likeness (QED) is 0.667. The summed E-state index contributed by atoms with van der Waals surface area (Å²) < 4.78 is 4.81. The molecule has 0 bridgehead atoms. The minimum atomic E-state index is -0.407. The third-order valence-corrected chi connectivity index (χ3v) is 4.04. The molecule has 0 aliphatic carbocycles. The highest BCUT2D eigenvalue weighted by Crippen LogP contribution is 2.23. The van der Waals surface area contributed by atoms with E-state index < -0.39 is 5.97 Å². The molecule has 2 aromatic carbocycles. The lowest BCUT2D eigenvalue weighted by Gasteiger charge is -2.12. The lowest BCUT2D eigenvalue weighted by atomic mass is 10.1. The Kier molecular flexibility index (Phi) is 5.12. The van der Waals surface area contributed by atoms with Crippen LogP contribution in [-0.4, -0.2) is 23.0 Å². The number of nitrogens with one attached hydrogen (secondary N) is 2. The number of hydrogen-bond donors (Lipinski definition) is 2. The first-order valence-corrected chi connectivity index (χ1v) is 8.17. The van der Waals surface area contributed by atoms with E-state index in [2.05, 4.69) is 46.6 Å². The van der Waals surface area contributed by atoms with Crippen molar-refractivity contribution in [1.29, 1.82) is 0 Å². The minimum Gasteiger partial charge on any atom is -0.465 e. The van der Waals surface area contributed by atoms with Gasteiger partial charge in [0.05, 0.1) is 18.4 Å². The van der Waals surface area contributed by atoms with E-state index in [0.717, 1.165) is 5.69 Å². The maximum absolute atomic E-state index is 11.9. The monoisotopic (exact) mass is 348 g/mol. The number of nitrogens with zero attached hydrogens (tertiary/aromatic N) is 2. The van der Waals surface area contributed by atoms with Gasteiger partial charge in [0.1, 0.15) is 18.0 Å². The normalized spacial score (nSPS) is 10.3. The van der Waals surface area contributed by atoms with Crippen LogP contribution in [0.3, 0.4) is 0 Å². The fourth-order valence-corrected chi connectivity index (χ4v) is 2.48.